The lowest BCUT2D eigenvalue weighted by atomic mass is 10.1. The van der Waals surface area contributed by atoms with Crippen LogP contribution in [0.2, 0.25) is 0 Å². The van der Waals surface area contributed by atoms with Crippen LogP contribution in [-0.2, 0) is 13.0 Å². The number of benzene rings is 2. The summed E-state index contributed by atoms with van der Waals surface area (Å²) in [6, 6.07) is 20.0. The zero-order valence-electron chi connectivity index (χ0n) is 13.1. The molecule has 4 nitrogen and oxygen atoms in total. The van der Waals surface area contributed by atoms with Gasteiger partial charge < -0.3 is 10.6 Å². The van der Waals surface area contributed by atoms with Crippen LogP contribution in [0.4, 0.5) is 0 Å². The molecule has 0 fully saturated rings. The van der Waals surface area contributed by atoms with Crippen molar-refractivity contribution in [1.29, 1.82) is 5.26 Å². The zero-order chi connectivity index (χ0) is 15.6. The minimum absolute atomic E-state index is 0. The summed E-state index contributed by atoms with van der Waals surface area (Å²) in [5.41, 5.74) is 3.09. The number of nitrogens with one attached hydrogen (secondary N) is 2. The van der Waals surface area contributed by atoms with Gasteiger partial charge >= 0.3 is 0 Å². The van der Waals surface area contributed by atoms with Crippen molar-refractivity contribution >= 4 is 29.9 Å². The van der Waals surface area contributed by atoms with E-state index in [1.807, 2.05) is 42.5 Å². The van der Waals surface area contributed by atoms with Crippen LogP contribution in [0, 0.1) is 11.3 Å². The average molecular weight is 420 g/mol. The number of nitrogens with zero attached hydrogens (tertiary/aromatic N) is 2. The molecule has 0 saturated carbocycles. The number of aliphatic imine (C=N–C) groups is 1. The number of nitriles is 1. The topological polar surface area (TPSA) is 60.2 Å². The second-order valence-electron chi connectivity index (χ2n) is 4.90. The van der Waals surface area contributed by atoms with E-state index in [2.05, 4.69) is 33.8 Å². The molecule has 2 rings (SSSR count). The Morgan fingerprint density at radius 3 is 2.30 bits per heavy atom. The SMILES string of the molecule is CN=C(NCCc1ccccc1)NCc1ccc(C#N)cc1.I. The predicted octanol–water partition coefficient (Wildman–Crippen LogP) is 3.08. The molecule has 0 unspecified atom stereocenters. The second-order valence-corrected chi connectivity index (χ2v) is 4.90. The Morgan fingerprint density at radius 2 is 1.70 bits per heavy atom. The van der Waals surface area contributed by atoms with E-state index in [1.165, 1.54) is 5.56 Å². The lowest BCUT2D eigenvalue weighted by Gasteiger charge is -2.12. The molecule has 0 radical (unpaired) electrons. The molecule has 0 amide bonds. The molecule has 0 saturated heterocycles. The fourth-order valence-corrected chi connectivity index (χ4v) is 2.07. The van der Waals surface area contributed by atoms with E-state index in [0.29, 0.717) is 12.1 Å². The van der Waals surface area contributed by atoms with Crippen LogP contribution in [0.3, 0.4) is 0 Å². The normalized spacial score (nSPS) is 10.3. The van der Waals surface area contributed by atoms with Crippen LogP contribution in [0.1, 0.15) is 16.7 Å². The van der Waals surface area contributed by atoms with Gasteiger partial charge in [0.1, 0.15) is 0 Å². The lowest BCUT2D eigenvalue weighted by molar-refractivity contribution is 0.794. The molecule has 0 atom stereocenters. The number of hydrogen-bond donors (Lipinski definition) is 2. The van der Waals surface area contributed by atoms with Gasteiger partial charge in [-0.1, -0.05) is 42.5 Å². The smallest absolute Gasteiger partial charge is 0.191 e. The summed E-state index contributed by atoms with van der Waals surface area (Å²) in [5, 5.41) is 15.3. The summed E-state index contributed by atoms with van der Waals surface area (Å²) >= 11 is 0. The largest absolute Gasteiger partial charge is 0.356 e. The third-order valence-corrected chi connectivity index (χ3v) is 3.32. The van der Waals surface area contributed by atoms with E-state index in [4.69, 9.17) is 5.26 Å². The van der Waals surface area contributed by atoms with Crippen molar-refractivity contribution in [2.24, 2.45) is 4.99 Å². The van der Waals surface area contributed by atoms with E-state index in [1.54, 1.807) is 7.05 Å². The van der Waals surface area contributed by atoms with Crippen LogP contribution >= 0.6 is 24.0 Å². The van der Waals surface area contributed by atoms with Crippen LogP contribution in [0.15, 0.2) is 59.6 Å². The van der Waals surface area contributed by atoms with Gasteiger partial charge in [-0.25, -0.2) is 0 Å². The van der Waals surface area contributed by atoms with Crippen LogP contribution in [-0.4, -0.2) is 19.6 Å². The zero-order valence-corrected chi connectivity index (χ0v) is 15.5. The second kappa shape index (κ2) is 10.6. The van der Waals surface area contributed by atoms with Crippen LogP contribution in [0.25, 0.3) is 0 Å². The van der Waals surface area contributed by atoms with Crippen LogP contribution in [0.5, 0.6) is 0 Å². The van der Waals surface area contributed by atoms with E-state index in [9.17, 15) is 0 Å². The molecule has 0 heterocycles. The van der Waals surface area contributed by atoms with Crippen molar-refractivity contribution in [2.75, 3.05) is 13.6 Å². The van der Waals surface area contributed by atoms with Gasteiger partial charge in [0.15, 0.2) is 5.96 Å². The van der Waals surface area contributed by atoms with Gasteiger partial charge in [0.25, 0.3) is 0 Å². The molecule has 0 aliphatic rings. The van der Waals surface area contributed by atoms with Gasteiger partial charge in [-0.05, 0) is 29.7 Å². The minimum atomic E-state index is 0. The average Bonchev–Trinajstić information content (AvgIpc) is 2.59. The molecule has 5 heteroatoms. The van der Waals surface area contributed by atoms with Crippen molar-refractivity contribution in [2.45, 2.75) is 13.0 Å². The highest BCUT2D eigenvalue weighted by Crippen LogP contribution is 2.02. The first kappa shape index (κ1) is 19.0. The number of guanidine groups is 1. The van der Waals surface area contributed by atoms with Crippen molar-refractivity contribution in [1.82, 2.24) is 10.6 Å². The third kappa shape index (κ3) is 6.70. The molecule has 0 spiro atoms. The summed E-state index contributed by atoms with van der Waals surface area (Å²) in [6.45, 7) is 1.51. The summed E-state index contributed by atoms with van der Waals surface area (Å²) < 4.78 is 0. The maximum absolute atomic E-state index is 8.78. The Morgan fingerprint density at radius 1 is 1.00 bits per heavy atom. The Balaban J connectivity index is 0.00000264. The first-order valence-electron chi connectivity index (χ1n) is 7.29. The first-order chi connectivity index (χ1) is 10.8. The molecule has 2 aromatic rings. The lowest BCUT2D eigenvalue weighted by Crippen LogP contribution is -2.37. The monoisotopic (exact) mass is 420 g/mol. The molecule has 0 bridgehead atoms. The van der Waals surface area contributed by atoms with Crippen molar-refractivity contribution in [3.8, 4) is 6.07 Å². The summed E-state index contributed by atoms with van der Waals surface area (Å²) in [7, 11) is 1.76. The molecule has 120 valence electrons. The van der Waals surface area contributed by atoms with Crippen molar-refractivity contribution in [3.63, 3.8) is 0 Å². The van der Waals surface area contributed by atoms with Crippen molar-refractivity contribution < 1.29 is 0 Å². The van der Waals surface area contributed by atoms with Gasteiger partial charge in [-0.15, -0.1) is 24.0 Å². The Bertz CT molecular complexity index is 645. The van der Waals surface area contributed by atoms with Gasteiger partial charge in [-0.2, -0.15) is 5.26 Å². The predicted molar refractivity (Wildman–Crippen MR) is 105 cm³/mol. The summed E-state index contributed by atoms with van der Waals surface area (Å²) in [4.78, 5) is 4.21. The molecule has 2 aromatic carbocycles. The number of hydrogen-bond acceptors (Lipinski definition) is 2. The first-order valence-corrected chi connectivity index (χ1v) is 7.29. The molecule has 0 aliphatic carbocycles. The third-order valence-electron chi connectivity index (χ3n) is 3.32. The van der Waals surface area contributed by atoms with E-state index >= 15 is 0 Å². The quantitative estimate of drug-likeness (QED) is 0.444. The molecule has 0 aromatic heterocycles. The Hall–Kier alpha value is -2.07. The Kier molecular flexibility index (Phi) is 8.76. The molecular weight excluding hydrogens is 399 g/mol. The molecular formula is C18H21IN4. The summed E-state index contributed by atoms with van der Waals surface area (Å²) in [6.07, 6.45) is 0.957. The van der Waals surface area contributed by atoms with E-state index in [0.717, 1.165) is 24.5 Å². The van der Waals surface area contributed by atoms with E-state index in [-0.39, 0.29) is 24.0 Å². The number of rotatable bonds is 5. The number of halogens is 1. The standard InChI is InChI=1S/C18H20N4.HI/c1-20-18(21-12-11-15-5-3-2-4-6-15)22-14-17-9-7-16(13-19)8-10-17;/h2-10H,11-12,14H2,1H3,(H2,20,21,22);1H. The molecule has 2 N–H and O–H groups in total. The molecule has 0 aliphatic heterocycles. The van der Waals surface area contributed by atoms with Gasteiger partial charge in [-0.3, -0.25) is 4.99 Å². The maximum atomic E-state index is 8.78. The van der Waals surface area contributed by atoms with E-state index < -0.39 is 0 Å². The fourth-order valence-electron chi connectivity index (χ4n) is 2.07. The van der Waals surface area contributed by atoms with Gasteiger partial charge in [0, 0.05) is 20.1 Å². The van der Waals surface area contributed by atoms with Gasteiger partial charge in [0.05, 0.1) is 11.6 Å². The fraction of sp³-hybridized carbons (Fsp3) is 0.222. The van der Waals surface area contributed by atoms with Gasteiger partial charge in [0.2, 0.25) is 0 Å². The Labute approximate surface area is 154 Å². The highest BCUT2D eigenvalue weighted by molar-refractivity contribution is 14.0. The van der Waals surface area contributed by atoms with Crippen molar-refractivity contribution in [3.05, 3.63) is 71.3 Å². The highest BCUT2D eigenvalue weighted by Gasteiger charge is 1.99. The highest BCUT2D eigenvalue weighted by atomic mass is 127. The molecule has 23 heavy (non-hydrogen) atoms. The maximum Gasteiger partial charge on any atom is 0.191 e. The van der Waals surface area contributed by atoms with Crippen LogP contribution < -0.4 is 10.6 Å². The summed E-state index contributed by atoms with van der Waals surface area (Å²) in [5.74, 6) is 0.778. The minimum Gasteiger partial charge on any atom is -0.356 e.